The van der Waals surface area contributed by atoms with Crippen molar-refractivity contribution in [2.24, 2.45) is 0 Å². The van der Waals surface area contributed by atoms with Crippen LogP contribution in [0.2, 0.25) is 0 Å². The Hall–Kier alpha value is -13.6. The zero-order valence-electron chi connectivity index (χ0n) is 88.6. The van der Waals surface area contributed by atoms with Crippen molar-refractivity contribution >= 4 is 108 Å². The standard InChI is InChI=1S/C138H148O4/c1-19-23-27-31-35-39-49-109-85-113-53-43-44-54-114-86-110(50-40-36-32-28-24-20-2)90-118(94-114)58-62-122-78-106(10)126(82-102(122)6)67-71-131-99-134(138(16,17)18)100-132(136(131)142-76-48-74-140)72-68-128-84-104(8)124(80-108(128)12)64-60-120-92-112(52-42-38-34-30-26-22-4)88-116(96-120)56-46-45-55-115-87-111(51-41-37-33-29-25-21-3)91-119(95-115)59-63-123-79-107(11)127(83-103(123)7)66-70-130-98-133(137(13,14)15)97-129(135(130)141-75-47-73-139)69-65-125-81-101(5)121(77-105(125)9)61-57-117(89-109)93-113/h77-100,139-140H,19-42,47-52,73-76H2,1-18H3. The second-order valence-electron chi connectivity index (χ2n) is 40.8. The molecule has 0 aliphatic carbocycles. The van der Waals surface area contributed by atoms with Crippen molar-refractivity contribution in [3.63, 3.8) is 0 Å². The van der Waals surface area contributed by atoms with E-state index < -0.39 is 0 Å². The summed E-state index contributed by atoms with van der Waals surface area (Å²) in [6.45, 7) is 39.8. The fourth-order valence-corrected chi connectivity index (χ4v) is 17.5. The smallest absolute Gasteiger partial charge is 0.150 e. The van der Waals surface area contributed by atoms with Gasteiger partial charge in [0.15, 0.2) is 11.5 Å². The van der Waals surface area contributed by atoms with E-state index in [4.69, 9.17) is 9.47 Å². The van der Waals surface area contributed by atoms with Crippen LogP contribution in [0.1, 0.15) is 314 Å². The Labute approximate surface area is 856 Å². The van der Waals surface area contributed by atoms with Gasteiger partial charge in [-0.3, -0.25) is 0 Å². The van der Waals surface area contributed by atoms with Crippen LogP contribution in [0.4, 0.5) is 0 Å². The van der Waals surface area contributed by atoms with E-state index in [0.717, 1.165) is 215 Å². The van der Waals surface area contributed by atoms with Crippen molar-refractivity contribution in [1.82, 2.24) is 0 Å². The highest BCUT2D eigenvalue weighted by atomic mass is 16.5. The largest absolute Gasteiger partial charge is 0.491 e. The molecule has 17 aromatic carbocycles. The van der Waals surface area contributed by atoms with Gasteiger partial charge in [-0.1, -0.05) is 319 Å². The molecule has 0 aliphatic heterocycles. The molecule has 4 heteroatoms. The molecule has 0 radical (unpaired) electrons. The molecule has 0 aliphatic rings. The van der Waals surface area contributed by atoms with Crippen molar-refractivity contribution in [1.29, 1.82) is 0 Å². The first-order valence-corrected chi connectivity index (χ1v) is 52.7. The van der Waals surface area contributed by atoms with E-state index in [1.807, 2.05) is 0 Å². The highest BCUT2D eigenvalue weighted by Crippen LogP contribution is 2.36. The molecule has 2 N–H and O–H groups in total. The van der Waals surface area contributed by atoms with Gasteiger partial charge in [0.05, 0.1) is 34.8 Å². The predicted octanol–water partition coefficient (Wildman–Crippen LogP) is 35.3. The first-order valence-electron chi connectivity index (χ1n) is 52.7. The summed E-state index contributed by atoms with van der Waals surface area (Å²) in [5.74, 6) is 1.20. The zero-order valence-corrected chi connectivity index (χ0v) is 88.6. The number of aryl methyl sites for hydroxylation is 12. The molecule has 0 spiro atoms. The van der Waals surface area contributed by atoms with Crippen LogP contribution in [0, 0.1) is 201 Å². The molecule has 17 rings (SSSR count). The highest BCUT2D eigenvalue weighted by Gasteiger charge is 2.19. The average molecular weight is 1870 g/mol. The number of rotatable bonds is 36. The van der Waals surface area contributed by atoms with Gasteiger partial charge in [0.2, 0.25) is 0 Å². The van der Waals surface area contributed by atoms with E-state index in [2.05, 4.69) is 416 Å². The van der Waals surface area contributed by atoms with Crippen LogP contribution in [0.25, 0.3) is 108 Å². The van der Waals surface area contributed by atoms with Gasteiger partial charge in [-0.05, 0) is 365 Å². The molecule has 20 bridgehead atoms. The van der Waals surface area contributed by atoms with Crippen LogP contribution in [-0.2, 0) is 36.5 Å². The second kappa shape index (κ2) is 56.2. The maximum Gasteiger partial charge on any atom is 0.150 e. The maximum absolute atomic E-state index is 10.1. The molecule has 0 atom stereocenters. The van der Waals surface area contributed by atoms with Gasteiger partial charge < -0.3 is 19.7 Å². The summed E-state index contributed by atoms with van der Waals surface area (Å²) in [6.07, 6.45) is 33.6. The molecule has 0 heterocycles. The molecular weight excluding hydrogens is 1720 g/mol. The SMILES string of the molecule is CCCCCCCCc1cc2c#cc#cc3cc(CCCCCCCC)cc(c#cc4cc(C)c(c#cc5cc(C(C)(C)C)cc(c#cc6cc(C)c(c#cc7cc(CCCCCCCC)cc(c#cc#cc8cc(CCCCCCCC)cc(c#cc9cc(C)c(c#cc%10cc(C(C)(C)C)cc(c#cc%11cc(C)c(c#cc(c1)c2)cc%11C)c%10OCCCO)cc9C)c8)c7)cc6C)c5OCCCO)cc4C)c3. The van der Waals surface area contributed by atoms with Gasteiger partial charge in [-0.15, -0.1) is 0 Å². The minimum absolute atomic E-state index is 0.0102. The third-order valence-electron chi connectivity index (χ3n) is 26.2. The van der Waals surface area contributed by atoms with Gasteiger partial charge in [0.25, 0.3) is 0 Å². The number of aliphatic hydroxyl groups is 2. The van der Waals surface area contributed by atoms with Crippen molar-refractivity contribution in [3.8, 4) is 11.5 Å². The topological polar surface area (TPSA) is 58.9 Å². The fourth-order valence-electron chi connectivity index (χ4n) is 17.5. The lowest BCUT2D eigenvalue weighted by Gasteiger charge is -2.20. The fraction of sp³-hybridized carbons (Fsp3) is 0.391. The van der Waals surface area contributed by atoms with Crippen LogP contribution < -0.4 is 9.47 Å². The van der Waals surface area contributed by atoms with Gasteiger partial charge >= 0.3 is 0 Å². The van der Waals surface area contributed by atoms with Crippen LogP contribution >= 0.6 is 0 Å². The van der Waals surface area contributed by atoms with Crippen LogP contribution in [0.15, 0.2) is 146 Å². The van der Waals surface area contributed by atoms with Gasteiger partial charge in [-0.2, -0.15) is 0 Å². The summed E-state index contributed by atoms with van der Waals surface area (Å²) >= 11 is 0. The molecule has 142 heavy (non-hydrogen) atoms. The summed E-state index contributed by atoms with van der Waals surface area (Å²) in [5, 5.41) is 37.6. The van der Waals surface area contributed by atoms with Gasteiger partial charge in [0.1, 0.15) is 0 Å². The van der Waals surface area contributed by atoms with Crippen molar-refractivity contribution < 1.29 is 19.7 Å². The van der Waals surface area contributed by atoms with Crippen molar-refractivity contribution in [2.45, 2.75) is 328 Å². The van der Waals surface area contributed by atoms with E-state index >= 15 is 0 Å². The molecule has 4 nitrogen and oxygen atoms in total. The highest BCUT2D eigenvalue weighted by molar-refractivity contribution is 5.84. The predicted molar refractivity (Wildman–Crippen MR) is 599 cm³/mol. The monoisotopic (exact) mass is 1870 g/mol. The Bertz CT molecular complexity index is 6030. The van der Waals surface area contributed by atoms with Crippen LogP contribution in [-0.4, -0.2) is 36.6 Å². The number of unbranched alkanes of at least 4 members (excludes halogenated alkanes) is 20. The van der Waals surface area contributed by atoms with Crippen LogP contribution in [0.3, 0.4) is 0 Å². The van der Waals surface area contributed by atoms with Crippen LogP contribution in [0.5, 0.6) is 11.5 Å². The number of benzene rings is 10. The lowest BCUT2D eigenvalue weighted by molar-refractivity contribution is 0.235. The average Bonchev–Trinajstić information content (AvgIpc) is 0.792. The van der Waals surface area contributed by atoms with E-state index in [9.17, 15) is 10.2 Å². The number of hydrogen-bond acceptors (Lipinski definition) is 4. The third kappa shape index (κ3) is 35.0. The normalized spacial score (nSPS) is 10.7. The zero-order chi connectivity index (χ0) is 101. The Morgan fingerprint density at radius 1 is 0.197 bits per heavy atom. The molecule has 0 amide bonds. The van der Waals surface area contributed by atoms with E-state index in [-0.39, 0.29) is 24.0 Å². The Kier molecular flexibility index (Phi) is 43.1. The molecule has 0 fully saturated rings. The number of hydrogen-bond donors (Lipinski definition) is 2. The Morgan fingerprint density at radius 3 is 0.563 bits per heavy atom. The molecule has 0 unspecified atom stereocenters. The quantitative estimate of drug-likeness (QED) is 0.0384. The first kappa shape index (κ1) is 109. The lowest BCUT2D eigenvalue weighted by Crippen LogP contribution is -2.11. The summed E-state index contributed by atoms with van der Waals surface area (Å²) < 4.78 is 13.3. The molecular formula is C138H148O4. The molecule has 0 saturated carbocycles. The van der Waals surface area contributed by atoms with Gasteiger partial charge in [-0.25, -0.2) is 0 Å². The molecule has 17 aromatic rings. The third-order valence-corrected chi connectivity index (χ3v) is 26.2. The lowest BCUT2D eigenvalue weighted by atomic mass is 9.86. The Morgan fingerprint density at radius 2 is 0.373 bits per heavy atom. The minimum atomic E-state index is -0.246. The molecule has 0 saturated heterocycles. The Balaban J connectivity index is 1.10. The van der Waals surface area contributed by atoms with Crippen molar-refractivity contribution in [2.75, 3.05) is 26.4 Å². The summed E-state index contributed by atoms with van der Waals surface area (Å²) in [6, 6.07) is 136. The summed E-state index contributed by atoms with van der Waals surface area (Å²) in [5.41, 5.74) is 14.7. The maximum atomic E-state index is 10.1. The second-order valence-corrected chi connectivity index (χ2v) is 40.8. The summed E-state index contributed by atoms with van der Waals surface area (Å²) in [7, 11) is 0. The molecule has 724 valence electrons. The first-order chi connectivity index (χ1) is 68.6. The van der Waals surface area contributed by atoms with E-state index in [0.29, 0.717) is 37.6 Å². The molecule has 0 aromatic heterocycles. The summed E-state index contributed by atoms with van der Waals surface area (Å²) in [4.78, 5) is 0. The van der Waals surface area contributed by atoms with Gasteiger partial charge in [0, 0.05) is 112 Å². The van der Waals surface area contributed by atoms with E-state index in [1.54, 1.807) is 0 Å². The minimum Gasteiger partial charge on any atom is -0.491 e. The number of aliphatic hydroxyl groups excluding tert-OH is 2. The van der Waals surface area contributed by atoms with E-state index in [1.165, 1.54) is 151 Å². The number of ether oxygens (including phenoxy) is 2. The van der Waals surface area contributed by atoms with Crippen molar-refractivity contribution in [3.05, 3.63) is 369 Å².